The molecule has 348 valence electrons. The highest BCUT2D eigenvalue weighted by molar-refractivity contribution is 8.00. The van der Waals surface area contributed by atoms with E-state index >= 15 is 0 Å². The molecule has 0 unspecified atom stereocenters. The molecule has 5 aromatic rings. The Kier molecular flexibility index (Phi) is 15.5. The molecule has 0 bridgehead atoms. The normalized spacial score (nSPS) is 16.4. The topological polar surface area (TPSA) is 241 Å². The van der Waals surface area contributed by atoms with Gasteiger partial charge in [-0.3, -0.25) is 58.5 Å². The molecule has 2 atom stereocenters. The average molecular weight is 939 g/mol. The first-order chi connectivity index (χ1) is 31.7. The number of fused-ring (bicyclic) bond motifs is 1. The van der Waals surface area contributed by atoms with E-state index in [-0.39, 0.29) is 82.7 Å². The van der Waals surface area contributed by atoms with Crippen LogP contribution in [0.4, 0.5) is 18.9 Å². The molecule has 4 aromatic carbocycles. The zero-order valence-electron chi connectivity index (χ0n) is 36.4. The van der Waals surface area contributed by atoms with Gasteiger partial charge >= 0.3 is 5.51 Å². The summed E-state index contributed by atoms with van der Waals surface area (Å²) in [6, 6.07) is 21.3. The lowest BCUT2D eigenvalue weighted by Crippen LogP contribution is -2.45. The van der Waals surface area contributed by atoms with E-state index in [0.717, 1.165) is 5.56 Å². The second-order valence-electron chi connectivity index (χ2n) is 15.9. The number of amides is 7. The fourth-order valence-electron chi connectivity index (χ4n) is 7.37. The molecule has 1 aromatic heterocycles. The third-order valence-electron chi connectivity index (χ3n) is 10.8. The number of nitrogens with two attached hydrogens (primary N) is 1. The number of imide groups is 2. The summed E-state index contributed by atoms with van der Waals surface area (Å²) in [7, 11) is 0. The number of primary amides is 1. The van der Waals surface area contributed by atoms with Crippen molar-refractivity contribution in [1.82, 2.24) is 30.8 Å². The summed E-state index contributed by atoms with van der Waals surface area (Å²) >= 11 is -0.265. The van der Waals surface area contributed by atoms with Gasteiger partial charge in [-0.05, 0) is 124 Å². The second-order valence-corrected chi connectivity index (χ2v) is 17.0. The summed E-state index contributed by atoms with van der Waals surface area (Å²) in [5.41, 5.74) is 5.51. The van der Waals surface area contributed by atoms with Crippen LogP contribution in [0.2, 0.25) is 0 Å². The summed E-state index contributed by atoms with van der Waals surface area (Å²) in [5.74, 6) is -2.84. The van der Waals surface area contributed by atoms with Crippen LogP contribution >= 0.6 is 11.8 Å². The quantitative estimate of drug-likeness (QED) is 0.0574. The number of aryl methyl sites for hydroxylation is 2. The van der Waals surface area contributed by atoms with Crippen molar-refractivity contribution in [3.05, 3.63) is 134 Å². The number of nitrogens with zero attached hydrogens (tertiary/aromatic N) is 3. The monoisotopic (exact) mass is 938 g/mol. The maximum atomic E-state index is 13.2. The van der Waals surface area contributed by atoms with Crippen LogP contribution in [0.15, 0.2) is 99.6 Å². The Morgan fingerprint density at radius 1 is 0.791 bits per heavy atom. The molecular formula is C47H45F3N8O8S. The highest BCUT2D eigenvalue weighted by atomic mass is 32.2. The Labute approximate surface area is 385 Å². The van der Waals surface area contributed by atoms with Crippen LogP contribution in [-0.2, 0) is 32.3 Å². The summed E-state index contributed by atoms with van der Waals surface area (Å²) in [6.45, 7) is 5.61. The zero-order valence-corrected chi connectivity index (χ0v) is 37.2. The lowest BCUT2D eigenvalue weighted by atomic mass is 9.93. The number of carbonyl (C=O) groups is 7. The van der Waals surface area contributed by atoms with Crippen molar-refractivity contribution < 1.29 is 46.7 Å². The molecule has 20 heteroatoms. The van der Waals surface area contributed by atoms with Crippen LogP contribution in [0.25, 0.3) is 10.9 Å². The standard InChI is InChI=1S/C24H26N4O4.C23H19F3N4O4S/c1-14-3-6-17(7-4-14)23(31)26-13-16-5-9-20(19(12-16)22(25)30)27-15(2)11-18-8-10-21(29)28-24(18)32;1-12-28-17-7-2-13(10-16(17)22(34)30(12)18-8-9-19(31)29-21(18)33)11-27-20(32)14-3-5-15(6-4-14)35-23(24,25)26/h3-7,9,12,18H,8,10-11,13H2,1-2H3,(H2,25,30)(H,26,31)(H,28,29,32);2-7,10,18H,8-9,11H2,1H3,(H,27,32)(H,29,31,33)/t2*18-/m00/s1. The van der Waals surface area contributed by atoms with E-state index in [0.29, 0.717) is 58.7 Å². The lowest BCUT2D eigenvalue weighted by molar-refractivity contribution is -0.137. The average Bonchev–Trinajstić information content (AvgIpc) is 3.27. The molecule has 7 amide bonds. The number of hydrogen-bond donors (Lipinski definition) is 5. The van der Waals surface area contributed by atoms with Crippen molar-refractivity contribution >= 4 is 75.4 Å². The number of alkyl halides is 3. The third-order valence-corrected chi connectivity index (χ3v) is 11.5. The highest BCUT2D eigenvalue weighted by Gasteiger charge is 2.31. The number of rotatable bonds is 12. The third kappa shape index (κ3) is 13.1. The minimum absolute atomic E-state index is 0.0290. The molecule has 3 heterocycles. The van der Waals surface area contributed by atoms with Crippen LogP contribution in [0.5, 0.6) is 0 Å². The first-order valence-corrected chi connectivity index (χ1v) is 21.7. The van der Waals surface area contributed by atoms with Gasteiger partial charge in [0, 0.05) is 53.6 Å². The number of aliphatic imine (C=N–C) groups is 1. The number of nitrogens with one attached hydrogen (secondary N) is 4. The van der Waals surface area contributed by atoms with Crippen molar-refractivity contribution in [2.24, 2.45) is 16.6 Å². The maximum Gasteiger partial charge on any atom is 0.446 e. The Balaban J connectivity index is 0.000000222. The molecular weight excluding hydrogens is 894 g/mol. The summed E-state index contributed by atoms with van der Waals surface area (Å²) < 4.78 is 38.6. The molecule has 2 saturated heterocycles. The number of halogens is 3. The number of hydrogen-bond acceptors (Lipinski definition) is 11. The van der Waals surface area contributed by atoms with Gasteiger partial charge in [-0.25, -0.2) is 4.98 Å². The first kappa shape index (κ1) is 49.0. The number of thioether (sulfide) groups is 1. The van der Waals surface area contributed by atoms with Crippen LogP contribution in [0.3, 0.4) is 0 Å². The predicted molar refractivity (Wildman–Crippen MR) is 242 cm³/mol. The van der Waals surface area contributed by atoms with Crippen molar-refractivity contribution in [2.45, 2.75) is 82.4 Å². The van der Waals surface area contributed by atoms with Crippen LogP contribution in [0, 0.1) is 19.8 Å². The van der Waals surface area contributed by atoms with E-state index < -0.39 is 40.7 Å². The lowest BCUT2D eigenvalue weighted by Gasteiger charge is -2.24. The fraction of sp³-hybridized carbons (Fsp3) is 0.277. The highest BCUT2D eigenvalue weighted by Crippen LogP contribution is 2.36. The van der Waals surface area contributed by atoms with Crippen LogP contribution < -0.4 is 32.6 Å². The predicted octanol–water partition coefficient (Wildman–Crippen LogP) is 5.78. The number of piperidine rings is 2. The molecule has 6 N–H and O–H groups in total. The van der Waals surface area contributed by atoms with E-state index in [1.54, 1.807) is 62.4 Å². The molecule has 0 radical (unpaired) electrons. The molecule has 0 spiro atoms. The number of benzene rings is 4. The van der Waals surface area contributed by atoms with Gasteiger partial charge in [0.1, 0.15) is 11.9 Å². The second kappa shape index (κ2) is 21.2. The molecule has 7 rings (SSSR count). The van der Waals surface area contributed by atoms with Crippen molar-refractivity contribution in [3.8, 4) is 0 Å². The minimum Gasteiger partial charge on any atom is -0.366 e. The van der Waals surface area contributed by atoms with Crippen molar-refractivity contribution in [2.75, 3.05) is 0 Å². The Morgan fingerprint density at radius 2 is 1.36 bits per heavy atom. The van der Waals surface area contributed by atoms with Gasteiger partial charge in [0.25, 0.3) is 23.3 Å². The van der Waals surface area contributed by atoms with Gasteiger partial charge in [-0.2, -0.15) is 13.2 Å². The van der Waals surface area contributed by atoms with E-state index in [4.69, 9.17) is 5.73 Å². The number of aromatic nitrogens is 2. The summed E-state index contributed by atoms with van der Waals surface area (Å²) in [6.07, 6.45) is 1.46. The zero-order chi connectivity index (χ0) is 48.6. The molecule has 0 aliphatic carbocycles. The van der Waals surface area contributed by atoms with Gasteiger partial charge in [0.05, 0.1) is 22.2 Å². The minimum atomic E-state index is -4.41. The Morgan fingerprint density at radius 3 is 1.94 bits per heavy atom. The van der Waals surface area contributed by atoms with Crippen LogP contribution in [0.1, 0.15) is 98.7 Å². The van der Waals surface area contributed by atoms with Gasteiger partial charge in [0.2, 0.25) is 23.6 Å². The summed E-state index contributed by atoms with van der Waals surface area (Å²) in [5, 5.41) is 10.3. The van der Waals surface area contributed by atoms with E-state index in [1.807, 2.05) is 19.1 Å². The Bertz CT molecular complexity index is 2870. The molecule has 16 nitrogen and oxygen atoms in total. The molecule has 2 fully saturated rings. The van der Waals surface area contributed by atoms with Crippen LogP contribution in [-0.4, -0.2) is 62.1 Å². The van der Waals surface area contributed by atoms with Gasteiger partial charge in [-0.1, -0.05) is 29.8 Å². The first-order valence-electron chi connectivity index (χ1n) is 20.9. The SMILES string of the molecule is CC(C[C@@H]1CCC(=O)NC1=O)=Nc1ccc(CNC(=O)c2ccc(C)cc2)cc1C(N)=O.Cc1nc2ccc(CNC(=O)c3ccc(SC(F)(F)F)cc3)cc2c(=O)n1[C@H]1CCC(=O)NC1=O. The molecule has 2 aliphatic heterocycles. The van der Waals surface area contributed by atoms with E-state index in [1.165, 1.54) is 28.8 Å². The number of carbonyl (C=O) groups excluding carboxylic acids is 7. The van der Waals surface area contributed by atoms with E-state index in [2.05, 4.69) is 31.2 Å². The molecule has 2 aliphatic rings. The largest absolute Gasteiger partial charge is 0.446 e. The smallest absolute Gasteiger partial charge is 0.366 e. The summed E-state index contributed by atoms with van der Waals surface area (Å²) in [4.78, 5) is 106. The van der Waals surface area contributed by atoms with Crippen molar-refractivity contribution in [1.29, 1.82) is 0 Å². The van der Waals surface area contributed by atoms with Gasteiger partial charge in [-0.15, -0.1) is 0 Å². The van der Waals surface area contributed by atoms with Crippen molar-refractivity contribution in [3.63, 3.8) is 0 Å². The van der Waals surface area contributed by atoms with Gasteiger partial charge < -0.3 is 16.4 Å². The maximum absolute atomic E-state index is 13.2. The fourth-order valence-corrected chi connectivity index (χ4v) is 7.91. The Hall–Kier alpha value is -7.48. The molecule has 67 heavy (non-hydrogen) atoms. The van der Waals surface area contributed by atoms with Gasteiger partial charge in [0.15, 0.2) is 0 Å². The van der Waals surface area contributed by atoms with E-state index in [9.17, 15) is 51.5 Å². The molecule has 0 saturated carbocycles.